The summed E-state index contributed by atoms with van der Waals surface area (Å²) in [5.41, 5.74) is 0.607. The lowest BCUT2D eigenvalue weighted by Gasteiger charge is -2.07. The zero-order valence-corrected chi connectivity index (χ0v) is 10.4. The molecule has 0 atom stereocenters. The maximum Gasteiger partial charge on any atom is 0.240 e. The predicted molar refractivity (Wildman–Crippen MR) is 64.9 cm³/mol. The third kappa shape index (κ3) is 3.52. The molecule has 0 bridgehead atoms. The van der Waals surface area contributed by atoms with Gasteiger partial charge in [0.1, 0.15) is 0 Å². The average Bonchev–Trinajstić information content (AvgIpc) is 3.13. The minimum atomic E-state index is -3.42. The van der Waals surface area contributed by atoms with E-state index in [4.69, 9.17) is 5.11 Å². The fourth-order valence-electron chi connectivity index (χ4n) is 1.70. The molecule has 1 aliphatic rings. The van der Waals surface area contributed by atoms with Crippen molar-refractivity contribution in [1.82, 2.24) is 4.72 Å². The first-order chi connectivity index (χ1) is 8.12. The molecule has 2 N–H and O–H groups in total. The third-order valence-corrected chi connectivity index (χ3v) is 4.39. The minimum Gasteiger partial charge on any atom is -0.392 e. The van der Waals surface area contributed by atoms with Gasteiger partial charge in [0.25, 0.3) is 0 Å². The lowest BCUT2D eigenvalue weighted by atomic mass is 10.2. The summed E-state index contributed by atoms with van der Waals surface area (Å²) in [5.74, 6) is 0.710. The molecule has 5 heteroatoms. The topological polar surface area (TPSA) is 66.4 Å². The second-order valence-corrected chi connectivity index (χ2v) is 6.20. The summed E-state index contributed by atoms with van der Waals surface area (Å²) in [7, 11) is -3.42. The SMILES string of the molecule is O=S(=O)(NCCC1CC1)c1cccc(CO)c1. The smallest absolute Gasteiger partial charge is 0.240 e. The van der Waals surface area contributed by atoms with Crippen LogP contribution in [0.4, 0.5) is 0 Å². The van der Waals surface area contributed by atoms with Crippen molar-refractivity contribution in [2.75, 3.05) is 6.54 Å². The van der Waals surface area contributed by atoms with Gasteiger partial charge in [-0.05, 0) is 30.0 Å². The lowest BCUT2D eigenvalue weighted by molar-refractivity contribution is 0.281. The van der Waals surface area contributed by atoms with Gasteiger partial charge in [-0.15, -0.1) is 0 Å². The van der Waals surface area contributed by atoms with Gasteiger partial charge in [0.2, 0.25) is 10.0 Å². The fourth-order valence-corrected chi connectivity index (χ4v) is 2.82. The molecule has 1 fully saturated rings. The van der Waals surface area contributed by atoms with E-state index in [9.17, 15) is 8.42 Å². The molecule has 1 aromatic rings. The highest BCUT2D eigenvalue weighted by Crippen LogP contribution is 2.31. The summed E-state index contributed by atoms with van der Waals surface area (Å²) in [6.07, 6.45) is 3.36. The van der Waals surface area contributed by atoms with Crippen LogP contribution in [0.5, 0.6) is 0 Å². The molecule has 1 aliphatic carbocycles. The van der Waals surface area contributed by atoms with Crippen molar-refractivity contribution in [2.24, 2.45) is 5.92 Å². The van der Waals surface area contributed by atoms with Gasteiger partial charge in [-0.1, -0.05) is 25.0 Å². The van der Waals surface area contributed by atoms with Gasteiger partial charge in [-0.25, -0.2) is 13.1 Å². The van der Waals surface area contributed by atoms with E-state index in [0.717, 1.165) is 6.42 Å². The monoisotopic (exact) mass is 255 g/mol. The molecule has 4 nitrogen and oxygen atoms in total. The molecule has 94 valence electrons. The molecule has 0 saturated heterocycles. The van der Waals surface area contributed by atoms with Crippen LogP contribution in [0, 0.1) is 5.92 Å². The number of hydrogen-bond donors (Lipinski definition) is 2. The van der Waals surface area contributed by atoms with Gasteiger partial charge in [-0.3, -0.25) is 0 Å². The number of benzene rings is 1. The van der Waals surface area contributed by atoms with Crippen molar-refractivity contribution in [3.8, 4) is 0 Å². The van der Waals surface area contributed by atoms with E-state index in [1.165, 1.54) is 18.9 Å². The number of hydrogen-bond acceptors (Lipinski definition) is 3. The Labute approximate surface area is 102 Å². The maximum absolute atomic E-state index is 11.9. The van der Waals surface area contributed by atoms with E-state index in [0.29, 0.717) is 18.0 Å². The first kappa shape index (κ1) is 12.5. The molecule has 17 heavy (non-hydrogen) atoms. The highest BCUT2D eigenvalue weighted by Gasteiger charge is 2.22. The standard InChI is InChI=1S/C12H17NO3S/c14-9-11-2-1-3-12(8-11)17(15,16)13-7-6-10-4-5-10/h1-3,8,10,13-14H,4-7,9H2. The van der Waals surface area contributed by atoms with Crippen LogP contribution in [-0.4, -0.2) is 20.1 Å². The highest BCUT2D eigenvalue weighted by molar-refractivity contribution is 7.89. The van der Waals surface area contributed by atoms with Gasteiger partial charge in [0.05, 0.1) is 11.5 Å². The van der Waals surface area contributed by atoms with Crippen LogP contribution in [0.2, 0.25) is 0 Å². The summed E-state index contributed by atoms with van der Waals surface area (Å²) in [4.78, 5) is 0.222. The molecule has 0 aromatic heterocycles. The molecule has 0 unspecified atom stereocenters. The third-order valence-electron chi connectivity index (χ3n) is 2.93. The fraction of sp³-hybridized carbons (Fsp3) is 0.500. The summed E-state index contributed by atoms with van der Waals surface area (Å²) in [5, 5.41) is 8.97. The van der Waals surface area contributed by atoms with Gasteiger partial charge in [-0.2, -0.15) is 0 Å². The molecule has 1 saturated carbocycles. The van der Waals surface area contributed by atoms with Crippen molar-refractivity contribution >= 4 is 10.0 Å². The first-order valence-electron chi connectivity index (χ1n) is 5.81. The Balaban J connectivity index is 2.01. The van der Waals surface area contributed by atoms with Crippen LogP contribution in [0.25, 0.3) is 0 Å². The molecular formula is C12H17NO3S. The Morgan fingerprint density at radius 3 is 2.76 bits per heavy atom. The normalized spacial score (nSPS) is 16.1. The van der Waals surface area contributed by atoms with Gasteiger partial charge < -0.3 is 5.11 Å². The van der Waals surface area contributed by atoms with Gasteiger partial charge in [0.15, 0.2) is 0 Å². The zero-order chi connectivity index (χ0) is 12.3. The number of sulfonamides is 1. The Kier molecular flexibility index (Phi) is 3.81. The molecule has 0 radical (unpaired) electrons. The van der Waals surface area contributed by atoms with E-state index in [2.05, 4.69) is 4.72 Å². The summed E-state index contributed by atoms with van der Waals surface area (Å²) in [6, 6.07) is 6.38. The van der Waals surface area contributed by atoms with Gasteiger partial charge >= 0.3 is 0 Å². The molecular weight excluding hydrogens is 238 g/mol. The minimum absolute atomic E-state index is 0.147. The Morgan fingerprint density at radius 1 is 1.35 bits per heavy atom. The molecule has 0 heterocycles. The van der Waals surface area contributed by atoms with Crippen LogP contribution in [0.3, 0.4) is 0 Å². The second kappa shape index (κ2) is 5.16. The van der Waals surface area contributed by atoms with E-state index in [1.807, 2.05) is 0 Å². The quantitative estimate of drug-likeness (QED) is 0.804. The molecule has 0 amide bonds. The Hall–Kier alpha value is -0.910. The summed E-state index contributed by atoms with van der Waals surface area (Å²) >= 11 is 0. The van der Waals surface area contributed by atoms with Crippen molar-refractivity contribution in [1.29, 1.82) is 0 Å². The van der Waals surface area contributed by atoms with Crippen molar-refractivity contribution in [3.05, 3.63) is 29.8 Å². The summed E-state index contributed by atoms with van der Waals surface area (Å²) < 4.78 is 26.4. The Bertz CT molecular complexity index is 480. The van der Waals surface area contributed by atoms with E-state index in [1.54, 1.807) is 18.2 Å². The predicted octanol–water partition coefficient (Wildman–Crippen LogP) is 1.26. The van der Waals surface area contributed by atoms with E-state index >= 15 is 0 Å². The number of nitrogens with one attached hydrogen (secondary N) is 1. The van der Waals surface area contributed by atoms with E-state index in [-0.39, 0.29) is 11.5 Å². The lowest BCUT2D eigenvalue weighted by Crippen LogP contribution is -2.25. The number of aliphatic hydroxyl groups is 1. The molecule has 1 aromatic carbocycles. The van der Waals surface area contributed by atoms with Crippen LogP contribution >= 0.6 is 0 Å². The number of rotatable bonds is 6. The summed E-state index contributed by atoms with van der Waals surface area (Å²) in [6.45, 7) is 0.349. The highest BCUT2D eigenvalue weighted by atomic mass is 32.2. The van der Waals surface area contributed by atoms with Gasteiger partial charge in [0, 0.05) is 6.54 Å². The zero-order valence-electron chi connectivity index (χ0n) is 9.59. The van der Waals surface area contributed by atoms with Crippen LogP contribution in [-0.2, 0) is 16.6 Å². The molecule has 2 rings (SSSR count). The number of aliphatic hydroxyl groups excluding tert-OH is 1. The van der Waals surface area contributed by atoms with Crippen molar-refractivity contribution in [2.45, 2.75) is 30.8 Å². The van der Waals surface area contributed by atoms with Crippen molar-refractivity contribution in [3.63, 3.8) is 0 Å². The van der Waals surface area contributed by atoms with Crippen LogP contribution in [0.1, 0.15) is 24.8 Å². The Morgan fingerprint density at radius 2 is 2.12 bits per heavy atom. The molecule has 0 aliphatic heterocycles. The average molecular weight is 255 g/mol. The van der Waals surface area contributed by atoms with Crippen LogP contribution in [0.15, 0.2) is 29.2 Å². The second-order valence-electron chi connectivity index (χ2n) is 4.44. The molecule has 0 spiro atoms. The first-order valence-corrected chi connectivity index (χ1v) is 7.29. The van der Waals surface area contributed by atoms with Crippen molar-refractivity contribution < 1.29 is 13.5 Å². The van der Waals surface area contributed by atoms with Crippen LogP contribution < -0.4 is 4.72 Å². The largest absolute Gasteiger partial charge is 0.392 e. The van der Waals surface area contributed by atoms with E-state index < -0.39 is 10.0 Å². The maximum atomic E-state index is 11.9.